The molecule has 0 unspecified atom stereocenters. The molecule has 0 aliphatic carbocycles. The second-order valence-corrected chi connectivity index (χ2v) is 13.3. The number of hydrogen-bond donors (Lipinski definition) is 0. The minimum Gasteiger partial charge on any atom is -0.135 e. The van der Waals surface area contributed by atoms with E-state index < -0.39 is 0 Å². The minimum absolute atomic E-state index is 1.26. The second-order valence-electron chi connectivity index (χ2n) is 12.2. The van der Waals surface area contributed by atoms with E-state index in [0.717, 1.165) is 0 Å². The molecule has 0 nitrogen and oxygen atoms in total. The highest BCUT2D eigenvalue weighted by Crippen LogP contribution is 2.45. The van der Waals surface area contributed by atoms with Crippen molar-refractivity contribution < 1.29 is 0 Å². The molecular weight excluding hydrogens is 543 g/mol. The van der Waals surface area contributed by atoms with Crippen molar-refractivity contribution in [2.45, 2.75) is 0 Å². The molecule has 6 heteroatoms. The monoisotopic (exact) mass is 572 g/mol. The van der Waals surface area contributed by atoms with E-state index in [2.05, 4.69) is 154 Å². The molecule has 0 spiro atoms. The molecule has 0 bridgehead atoms. The fourth-order valence-corrected chi connectivity index (χ4v) is 8.45. The third kappa shape index (κ3) is 4.05. The maximum absolute atomic E-state index is 2.43. The van der Waals surface area contributed by atoms with Gasteiger partial charge >= 0.3 is 0 Å². The molecular formula is C38H29B5S. The Morgan fingerprint density at radius 3 is 1.45 bits per heavy atom. The molecule has 0 saturated carbocycles. The zero-order chi connectivity index (χ0) is 30.1. The van der Waals surface area contributed by atoms with E-state index in [4.69, 9.17) is 0 Å². The lowest BCUT2D eigenvalue weighted by Gasteiger charge is -2.24. The summed E-state index contributed by atoms with van der Waals surface area (Å²) in [5.74, 6) is 0. The molecule has 1 aromatic heterocycles. The third-order valence-corrected chi connectivity index (χ3v) is 11.2. The van der Waals surface area contributed by atoms with Gasteiger partial charge in [0.1, 0.15) is 39.2 Å². The summed E-state index contributed by atoms with van der Waals surface area (Å²) in [5, 5.41) is 7.90. The van der Waals surface area contributed by atoms with Gasteiger partial charge in [-0.2, -0.15) is 0 Å². The minimum atomic E-state index is 1.26. The zero-order valence-electron chi connectivity index (χ0n) is 25.9. The summed E-state index contributed by atoms with van der Waals surface area (Å²) in [6, 6.07) is 42.8. The summed E-state index contributed by atoms with van der Waals surface area (Å²) in [5.41, 5.74) is 14.8. The Bertz CT molecular complexity index is 2360. The van der Waals surface area contributed by atoms with Gasteiger partial charge in [-0.15, -0.1) is 27.7 Å². The van der Waals surface area contributed by atoms with Crippen LogP contribution >= 0.6 is 11.3 Å². The fourth-order valence-electron chi connectivity index (χ4n) is 7.33. The Labute approximate surface area is 267 Å². The summed E-state index contributed by atoms with van der Waals surface area (Å²) < 4.78 is 2.66. The standard InChI is InChI=1S/C38H29B5S/c39-34-33(35(40)37(42)38(43)36(34)41)32-26-12-6-4-10-24(26)31(25-11-5-7-13-27(25)32)22-15-17-29-28(18-22)23-16-14-21(19-30(23)44-29)20-8-2-1-3-9-20/h1-19H,39-43H2. The predicted molar refractivity (Wildman–Crippen MR) is 212 cm³/mol. The van der Waals surface area contributed by atoms with Crippen LogP contribution in [0.5, 0.6) is 0 Å². The van der Waals surface area contributed by atoms with Crippen LogP contribution in [0.2, 0.25) is 0 Å². The normalized spacial score (nSPS) is 11.6. The lowest BCUT2D eigenvalue weighted by molar-refractivity contribution is 1.66. The first-order valence-electron chi connectivity index (χ1n) is 15.4. The summed E-state index contributed by atoms with van der Waals surface area (Å²) >= 11 is 1.89. The van der Waals surface area contributed by atoms with E-state index in [-0.39, 0.29) is 0 Å². The van der Waals surface area contributed by atoms with Crippen molar-refractivity contribution in [3.8, 4) is 33.4 Å². The Morgan fingerprint density at radius 1 is 0.318 bits per heavy atom. The molecule has 0 atom stereocenters. The average Bonchev–Trinajstić information content (AvgIpc) is 3.44. The van der Waals surface area contributed by atoms with Gasteiger partial charge in [-0.05, 0) is 73.1 Å². The van der Waals surface area contributed by atoms with E-state index >= 15 is 0 Å². The molecule has 8 aromatic rings. The molecule has 7 aromatic carbocycles. The summed E-state index contributed by atoms with van der Waals surface area (Å²) in [6.07, 6.45) is 0. The first-order valence-corrected chi connectivity index (χ1v) is 16.3. The summed E-state index contributed by atoms with van der Waals surface area (Å²) in [6.45, 7) is 0. The van der Waals surface area contributed by atoms with Crippen LogP contribution in [0, 0.1) is 0 Å². The van der Waals surface area contributed by atoms with Gasteiger partial charge in [-0.3, -0.25) is 0 Å². The van der Waals surface area contributed by atoms with Crippen molar-refractivity contribution in [2.24, 2.45) is 0 Å². The zero-order valence-corrected chi connectivity index (χ0v) is 26.7. The second kappa shape index (κ2) is 10.4. The molecule has 1 heterocycles. The molecule has 0 amide bonds. The number of rotatable bonds is 3. The lowest BCUT2D eigenvalue weighted by Crippen LogP contribution is -2.55. The van der Waals surface area contributed by atoms with Crippen molar-refractivity contribution >= 4 is 120 Å². The van der Waals surface area contributed by atoms with Gasteiger partial charge in [0.15, 0.2) is 0 Å². The number of hydrogen-bond acceptors (Lipinski definition) is 1. The van der Waals surface area contributed by atoms with Gasteiger partial charge in [0.2, 0.25) is 0 Å². The fraction of sp³-hybridized carbons (Fsp3) is 0. The van der Waals surface area contributed by atoms with E-state index in [1.54, 1.807) is 0 Å². The number of benzene rings is 7. The largest absolute Gasteiger partial charge is 0.139 e. The van der Waals surface area contributed by atoms with E-state index in [1.807, 2.05) is 11.3 Å². The Kier molecular flexibility index (Phi) is 6.40. The van der Waals surface area contributed by atoms with Crippen LogP contribution in [0.4, 0.5) is 0 Å². The maximum Gasteiger partial charge on any atom is 0.139 e. The first-order chi connectivity index (χ1) is 21.4. The van der Waals surface area contributed by atoms with Gasteiger partial charge in [0.25, 0.3) is 0 Å². The highest BCUT2D eigenvalue weighted by molar-refractivity contribution is 7.25. The van der Waals surface area contributed by atoms with Crippen LogP contribution < -0.4 is 27.3 Å². The van der Waals surface area contributed by atoms with Gasteiger partial charge in [-0.25, -0.2) is 0 Å². The molecule has 0 aliphatic rings. The summed E-state index contributed by atoms with van der Waals surface area (Å²) in [4.78, 5) is 0. The van der Waals surface area contributed by atoms with Crippen LogP contribution in [-0.4, -0.2) is 39.2 Å². The molecule has 202 valence electrons. The Hall–Kier alpha value is -4.40. The van der Waals surface area contributed by atoms with E-state index in [1.165, 1.54) is 102 Å². The number of fused-ring (bicyclic) bond motifs is 5. The smallest absolute Gasteiger partial charge is 0.135 e. The van der Waals surface area contributed by atoms with Gasteiger partial charge < -0.3 is 0 Å². The van der Waals surface area contributed by atoms with Crippen molar-refractivity contribution in [1.29, 1.82) is 0 Å². The SMILES string of the molecule is Bc1c(B)c(B)c(-c2c3ccccc3c(-c3ccc4sc5cc(-c6ccccc6)ccc5c4c3)c3ccccc23)c(B)c1B. The highest BCUT2D eigenvalue weighted by atomic mass is 32.1. The molecule has 8 rings (SSSR count). The van der Waals surface area contributed by atoms with E-state index in [0.29, 0.717) is 0 Å². The maximum atomic E-state index is 2.43. The van der Waals surface area contributed by atoms with Crippen LogP contribution in [0.15, 0.2) is 115 Å². The molecule has 44 heavy (non-hydrogen) atoms. The van der Waals surface area contributed by atoms with Crippen LogP contribution in [0.3, 0.4) is 0 Å². The summed E-state index contributed by atoms with van der Waals surface area (Å²) in [7, 11) is 11.4. The van der Waals surface area contributed by atoms with Crippen molar-refractivity contribution in [3.63, 3.8) is 0 Å². The predicted octanol–water partition coefficient (Wildman–Crippen LogP) is 2.65. The van der Waals surface area contributed by atoms with Crippen molar-refractivity contribution in [1.82, 2.24) is 0 Å². The van der Waals surface area contributed by atoms with E-state index in [9.17, 15) is 0 Å². The third-order valence-electron chi connectivity index (χ3n) is 10.0. The van der Waals surface area contributed by atoms with Crippen molar-refractivity contribution in [2.75, 3.05) is 0 Å². The lowest BCUT2D eigenvalue weighted by atomic mass is 9.59. The van der Waals surface area contributed by atoms with Crippen LogP contribution in [0.25, 0.3) is 75.1 Å². The number of thiophene rings is 1. The molecule has 0 radical (unpaired) electrons. The van der Waals surface area contributed by atoms with Crippen LogP contribution in [-0.2, 0) is 0 Å². The van der Waals surface area contributed by atoms with Gasteiger partial charge in [-0.1, -0.05) is 108 Å². The molecule has 0 saturated heterocycles. The molecule has 0 aliphatic heterocycles. The quantitative estimate of drug-likeness (QED) is 0.226. The van der Waals surface area contributed by atoms with Crippen LogP contribution in [0.1, 0.15) is 0 Å². The van der Waals surface area contributed by atoms with Gasteiger partial charge in [0.05, 0.1) is 0 Å². The Morgan fingerprint density at radius 2 is 0.841 bits per heavy atom. The topological polar surface area (TPSA) is 0 Å². The molecule has 0 fully saturated rings. The van der Waals surface area contributed by atoms with Gasteiger partial charge in [0, 0.05) is 20.2 Å². The van der Waals surface area contributed by atoms with Crippen molar-refractivity contribution in [3.05, 3.63) is 115 Å². The highest BCUT2D eigenvalue weighted by Gasteiger charge is 2.21. The Balaban J connectivity index is 1.42. The first kappa shape index (κ1) is 27.2. The average molecular weight is 572 g/mol. The molecule has 0 N–H and O–H groups in total.